The molecule has 0 unspecified atom stereocenters. The van der Waals surface area contributed by atoms with E-state index in [2.05, 4.69) is 9.47 Å². The molecule has 1 saturated heterocycles. The van der Waals surface area contributed by atoms with Crippen LogP contribution in [-0.4, -0.2) is 74.7 Å². The highest BCUT2D eigenvalue weighted by Crippen LogP contribution is 2.38. The molecule has 0 spiro atoms. The number of amides is 2. The van der Waals surface area contributed by atoms with Crippen molar-refractivity contribution >= 4 is 34.1 Å². The van der Waals surface area contributed by atoms with Gasteiger partial charge in [-0.25, -0.2) is 4.39 Å². The van der Waals surface area contributed by atoms with Crippen LogP contribution in [0, 0.1) is 5.82 Å². The van der Waals surface area contributed by atoms with Gasteiger partial charge in [-0.2, -0.15) is 0 Å². The number of aromatic nitrogens is 2. The largest absolute Gasteiger partial charge is 0.508 e. The molecule has 2 aromatic heterocycles. The van der Waals surface area contributed by atoms with E-state index in [0.717, 1.165) is 72.3 Å². The zero-order valence-corrected chi connectivity index (χ0v) is 31.0. The minimum Gasteiger partial charge on any atom is -0.508 e. The number of halogens is 1. The number of aromatic hydroxyl groups is 1. The van der Waals surface area contributed by atoms with Gasteiger partial charge >= 0.3 is 0 Å². The summed E-state index contributed by atoms with van der Waals surface area (Å²) in [5, 5.41) is 11.2. The number of nitrogens with zero attached hydrogens (tertiary/aromatic N) is 5. The Morgan fingerprint density at radius 2 is 1.67 bits per heavy atom. The van der Waals surface area contributed by atoms with Gasteiger partial charge in [0.25, 0.3) is 11.8 Å². The van der Waals surface area contributed by atoms with Crippen molar-refractivity contribution in [2.75, 3.05) is 37.7 Å². The Kier molecular flexibility index (Phi) is 9.23. The van der Waals surface area contributed by atoms with E-state index in [1.807, 2.05) is 83.4 Å². The molecule has 4 aromatic carbocycles. The molecular formula is C45H44FN5O4. The molecule has 5 heterocycles. The summed E-state index contributed by atoms with van der Waals surface area (Å²) in [6.07, 6.45) is 5.08. The van der Waals surface area contributed by atoms with Gasteiger partial charge in [0.1, 0.15) is 11.6 Å². The number of morpholine rings is 1. The summed E-state index contributed by atoms with van der Waals surface area (Å²) in [7, 11) is 1.99. The fourth-order valence-electron chi connectivity index (χ4n) is 8.75. The van der Waals surface area contributed by atoms with Crippen LogP contribution in [-0.2, 0) is 37.7 Å². The van der Waals surface area contributed by atoms with Crippen molar-refractivity contribution in [2.24, 2.45) is 7.05 Å². The van der Waals surface area contributed by atoms with E-state index in [1.165, 1.54) is 6.07 Å². The molecule has 6 aromatic rings. The van der Waals surface area contributed by atoms with Crippen LogP contribution < -0.4 is 4.90 Å². The van der Waals surface area contributed by atoms with Crippen LogP contribution in [0.2, 0.25) is 0 Å². The third-order valence-corrected chi connectivity index (χ3v) is 11.6. The number of hydrogen-bond acceptors (Lipinski definition) is 5. The summed E-state index contributed by atoms with van der Waals surface area (Å²) in [5.41, 5.74) is 7.56. The lowest BCUT2D eigenvalue weighted by atomic mass is 9.91. The number of ether oxygens (including phenoxy) is 1. The van der Waals surface area contributed by atoms with Crippen molar-refractivity contribution in [2.45, 2.75) is 44.8 Å². The lowest BCUT2D eigenvalue weighted by Crippen LogP contribution is -2.52. The van der Waals surface area contributed by atoms with E-state index >= 15 is 9.18 Å². The highest BCUT2D eigenvalue weighted by molar-refractivity contribution is 6.13. The topological polar surface area (TPSA) is 83.2 Å². The zero-order valence-electron chi connectivity index (χ0n) is 31.0. The maximum Gasteiger partial charge on any atom is 0.264 e. The third kappa shape index (κ3) is 6.49. The number of aryl methyl sites for hydroxylation is 1. The molecule has 0 bridgehead atoms. The minimum absolute atomic E-state index is 0.107. The highest BCUT2D eigenvalue weighted by atomic mass is 19.1. The van der Waals surface area contributed by atoms with Crippen molar-refractivity contribution in [3.63, 3.8) is 0 Å². The number of carbonyl (C=O) groups excluding carboxylic acids is 2. The number of fused-ring (bicyclic) bond motifs is 3. The summed E-state index contributed by atoms with van der Waals surface area (Å²) >= 11 is 0. The van der Waals surface area contributed by atoms with Crippen LogP contribution in [0.15, 0.2) is 103 Å². The van der Waals surface area contributed by atoms with E-state index in [0.29, 0.717) is 60.8 Å². The Labute approximate surface area is 319 Å². The molecule has 9 nitrogen and oxygen atoms in total. The normalized spacial score (nSPS) is 17.2. The minimum atomic E-state index is -0.223. The quantitative estimate of drug-likeness (QED) is 0.182. The third-order valence-electron chi connectivity index (χ3n) is 11.6. The summed E-state index contributed by atoms with van der Waals surface area (Å²) < 4.78 is 25.0. The van der Waals surface area contributed by atoms with Gasteiger partial charge in [-0.1, -0.05) is 36.4 Å². The average Bonchev–Trinajstić information content (AvgIpc) is 3.79. The van der Waals surface area contributed by atoms with Crippen molar-refractivity contribution in [3.05, 3.63) is 137 Å². The van der Waals surface area contributed by atoms with Crippen LogP contribution in [0.3, 0.4) is 0 Å². The van der Waals surface area contributed by atoms with Crippen LogP contribution >= 0.6 is 0 Å². The predicted molar refractivity (Wildman–Crippen MR) is 211 cm³/mol. The highest BCUT2D eigenvalue weighted by Gasteiger charge is 2.35. The summed E-state index contributed by atoms with van der Waals surface area (Å²) in [6.45, 7) is 4.49. The first-order chi connectivity index (χ1) is 26.8. The van der Waals surface area contributed by atoms with Gasteiger partial charge in [-0.05, 0) is 103 Å². The van der Waals surface area contributed by atoms with Gasteiger partial charge in [0.15, 0.2) is 0 Å². The van der Waals surface area contributed by atoms with Gasteiger partial charge in [0.2, 0.25) is 0 Å². The first kappa shape index (κ1) is 35.0. The Balaban J connectivity index is 1.12. The summed E-state index contributed by atoms with van der Waals surface area (Å²) in [4.78, 5) is 36.0. The van der Waals surface area contributed by atoms with Gasteiger partial charge in [0.05, 0.1) is 24.5 Å². The van der Waals surface area contributed by atoms with Gasteiger partial charge in [-0.15, -0.1) is 0 Å². The molecule has 1 atom stereocenters. The molecule has 9 rings (SSSR count). The smallest absolute Gasteiger partial charge is 0.264 e. The van der Waals surface area contributed by atoms with Gasteiger partial charge in [0, 0.05) is 85.7 Å². The van der Waals surface area contributed by atoms with E-state index in [-0.39, 0.29) is 29.4 Å². The second-order valence-electron chi connectivity index (χ2n) is 15.0. The molecule has 1 fully saturated rings. The number of phenols is 1. The summed E-state index contributed by atoms with van der Waals surface area (Å²) in [6, 6.07) is 29.4. The van der Waals surface area contributed by atoms with Crippen molar-refractivity contribution in [3.8, 4) is 17.0 Å². The first-order valence-corrected chi connectivity index (χ1v) is 19.2. The van der Waals surface area contributed by atoms with E-state index < -0.39 is 0 Å². The zero-order chi connectivity index (χ0) is 37.6. The van der Waals surface area contributed by atoms with Crippen LogP contribution in [0.5, 0.6) is 5.75 Å². The van der Waals surface area contributed by atoms with E-state index in [9.17, 15) is 9.90 Å². The first-order valence-electron chi connectivity index (χ1n) is 19.2. The van der Waals surface area contributed by atoms with E-state index in [4.69, 9.17) is 4.74 Å². The SMILES string of the molecule is Cn1ccc2ccc(N(C(=O)c3cc(-c4ccccc4C(=O)N4Cc5cccc(F)c5C[C@H]4CN4CCOCC4)n4c3CCCC4)c3ccc(O)cc3)cc21. The maximum absolute atomic E-state index is 15.2. The molecule has 3 aliphatic heterocycles. The van der Waals surface area contributed by atoms with Gasteiger partial charge in [-0.3, -0.25) is 19.4 Å². The van der Waals surface area contributed by atoms with Crippen molar-refractivity contribution in [1.82, 2.24) is 18.9 Å². The Morgan fingerprint density at radius 3 is 2.51 bits per heavy atom. The monoisotopic (exact) mass is 737 g/mol. The number of hydrogen-bond donors (Lipinski definition) is 1. The van der Waals surface area contributed by atoms with E-state index in [1.54, 1.807) is 35.2 Å². The molecule has 3 aliphatic rings. The molecule has 2 amide bonds. The number of carbonyl (C=O) groups is 2. The Morgan fingerprint density at radius 1 is 0.873 bits per heavy atom. The van der Waals surface area contributed by atoms with Crippen LogP contribution in [0.4, 0.5) is 15.8 Å². The molecule has 55 heavy (non-hydrogen) atoms. The predicted octanol–water partition coefficient (Wildman–Crippen LogP) is 7.71. The molecule has 10 heteroatoms. The summed E-state index contributed by atoms with van der Waals surface area (Å²) in [5.74, 6) is -0.392. The molecule has 0 saturated carbocycles. The average molecular weight is 738 g/mol. The van der Waals surface area contributed by atoms with Crippen LogP contribution in [0.1, 0.15) is 50.4 Å². The number of anilines is 2. The van der Waals surface area contributed by atoms with Gasteiger partial charge < -0.3 is 23.9 Å². The molecule has 1 N–H and O–H groups in total. The second-order valence-corrected chi connectivity index (χ2v) is 15.0. The number of phenolic OH excluding ortho intramolecular Hbond substituents is 1. The number of rotatable bonds is 7. The Bertz CT molecular complexity index is 2410. The van der Waals surface area contributed by atoms with Crippen molar-refractivity contribution in [1.29, 1.82) is 0 Å². The fraction of sp³-hybridized carbons (Fsp3) is 0.289. The second kappa shape index (κ2) is 14.5. The van der Waals surface area contributed by atoms with Crippen molar-refractivity contribution < 1.29 is 23.8 Å². The maximum atomic E-state index is 15.2. The fourth-order valence-corrected chi connectivity index (χ4v) is 8.75. The lowest BCUT2D eigenvalue weighted by molar-refractivity contribution is 0.0191. The molecule has 0 radical (unpaired) electrons. The molecule has 0 aliphatic carbocycles. The Hall–Kier alpha value is -5.71. The lowest BCUT2D eigenvalue weighted by Gasteiger charge is -2.40. The standard InChI is InChI=1S/C45H44FN5O4/c1-47-20-18-30-12-13-33(26-42(30)47)51(32-14-16-35(52)17-15-32)45(54)39-27-43(49-19-5-4-11-41(39)49)36-8-2-3-9-37(36)44(53)50-28-31-7-6-10-40(46)38(31)25-34(50)29-48-21-23-55-24-22-48/h2-3,6-10,12-18,20,26-27,34,52H,4-5,11,19,21-25,28-29H2,1H3/t34-/m0/s1. The molecular weight excluding hydrogens is 694 g/mol. The number of benzene rings is 4. The molecule has 280 valence electrons. The van der Waals surface area contributed by atoms with Crippen LogP contribution in [0.25, 0.3) is 22.2 Å².